The fourth-order valence-electron chi connectivity index (χ4n) is 6.88. The van der Waals surface area contributed by atoms with E-state index in [4.69, 9.17) is 23.7 Å². The van der Waals surface area contributed by atoms with Crippen molar-refractivity contribution in [3.63, 3.8) is 0 Å². The number of ether oxygens (including phenoxy) is 5. The van der Waals surface area contributed by atoms with Crippen molar-refractivity contribution in [3.8, 4) is 23.0 Å². The quantitative estimate of drug-likeness (QED) is 0.0502. The highest BCUT2D eigenvalue weighted by molar-refractivity contribution is 6.03. The zero-order valence-corrected chi connectivity index (χ0v) is 32.7. The van der Waals surface area contributed by atoms with E-state index in [-0.39, 0.29) is 60.7 Å². The van der Waals surface area contributed by atoms with Gasteiger partial charge in [0.25, 0.3) is 23.2 Å². The summed E-state index contributed by atoms with van der Waals surface area (Å²) in [5.74, 6) is -3.30. The van der Waals surface area contributed by atoms with Gasteiger partial charge in [0, 0.05) is 43.4 Å². The van der Waals surface area contributed by atoms with E-state index in [0.29, 0.717) is 23.1 Å². The van der Waals surface area contributed by atoms with Crippen LogP contribution in [0.15, 0.2) is 85.2 Å². The maximum Gasteiger partial charge on any atom is 0.329 e. The van der Waals surface area contributed by atoms with Crippen LogP contribution in [0.3, 0.4) is 0 Å². The molecule has 1 unspecified atom stereocenters. The molecule has 4 aromatic carbocycles. The Kier molecular flexibility index (Phi) is 12.7. The highest BCUT2D eigenvalue weighted by atomic mass is 19.1. The SMILES string of the molecule is COC(=O)[C@@H]1CC(c2ccc(F)cc2)=CN1C(=O)c1cc(OC)c(OCCCOc2cc([N+](=O)[O-])c(C(=O)N3C=C(c4ccc(F)cc4)CC3C)cc2OC)cc1[N+](=O)[O-]. The lowest BCUT2D eigenvalue weighted by molar-refractivity contribution is -0.385. The standard InChI is InChI=1S/C42H38F2N4O12/c1-24-16-27(25-6-10-29(43)11-7-25)22-45(24)40(49)31-18-36(56-2)38(20-33(31)47(52)53)59-14-5-15-60-39-21-34(48(54)55)32(19-37(39)57-3)41(50)46-23-28(17-35(46)42(51)58-4)26-8-12-30(44)13-9-26/h6-13,18-24,35H,5,14-17H2,1-4H3/t24?,35-/m0/s1. The molecule has 0 radical (unpaired) electrons. The number of nitrogens with zero attached hydrogens (tertiary/aromatic N) is 4. The van der Waals surface area contributed by atoms with Crippen LogP contribution in [0.2, 0.25) is 0 Å². The number of esters is 1. The van der Waals surface area contributed by atoms with Crippen LogP contribution in [-0.2, 0) is 9.53 Å². The predicted octanol–water partition coefficient (Wildman–Crippen LogP) is 7.35. The largest absolute Gasteiger partial charge is 0.493 e. The van der Waals surface area contributed by atoms with Crippen molar-refractivity contribution in [2.45, 2.75) is 38.3 Å². The third-order valence-electron chi connectivity index (χ3n) is 9.92. The van der Waals surface area contributed by atoms with Crippen molar-refractivity contribution in [3.05, 3.63) is 139 Å². The second kappa shape index (κ2) is 18.0. The summed E-state index contributed by atoms with van der Waals surface area (Å²) in [5, 5.41) is 24.5. The van der Waals surface area contributed by atoms with Gasteiger partial charge in [0.2, 0.25) is 0 Å². The van der Waals surface area contributed by atoms with Gasteiger partial charge in [-0.3, -0.25) is 34.7 Å². The summed E-state index contributed by atoms with van der Waals surface area (Å²) >= 11 is 0. The Morgan fingerprint density at radius 2 is 1.10 bits per heavy atom. The molecule has 2 amide bonds. The van der Waals surface area contributed by atoms with E-state index in [9.17, 15) is 43.4 Å². The van der Waals surface area contributed by atoms with Gasteiger partial charge in [-0.2, -0.15) is 0 Å². The van der Waals surface area contributed by atoms with Gasteiger partial charge in [-0.05, 0) is 59.9 Å². The van der Waals surface area contributed by atoms with Crippen LogP contribution < -0.4 is 18.9 Å². The number of methoxy groups -OCH3 is 3. The average molecular weight is 829 g/mol. The first kappa shape index (κ1) is 42.2. The van der Waals surface area contributed by atoms with Crippen molar-refractivity contribution in [1.29, 1.82) is 0 Å². The van der Waals surface area contributed by atoms with Crippen molar-refractivity contribution in [1.82, 2.24) is 9.80 Å². The van der Waals surface area contributed by atoms with Crippen LogP contribution in [0, 0.1) is 31.9 Å². The maximum atomic E-state index is 13.9. The van der Waals surface area contributed by atoms with Crippen LogP contribution in [0.5, 0.6) is 23.0 Å². The second-order valence-corrected chi connectivity index (χ2v) is 13.6. The number of amides is 2. The number of nitro benzene ring substituents is 2. The molecule has 312 valence electrons. The maximum absolute atomic E-state index is 13.9. The predicted molar refractivity (Wildman–Crippen MR) is 210 cm³/mol. The molecule has 0 saturated heterocycles. The third kappa shape index (κ3) is 8.86. The highest BCUT2D eigenvalue weighted by Gasteiger charge is 2.39. The molecular weight excluding hydrogens is 790 g/mol. The van der Waals surface area contributed by atoms with Crippen molar-refractivity contribution < 1.29 is 56.7 Å². The molecule has 0 fully saturated rings. The number of carbonyl (C=O) groups excluding carboxylic acids is 3. The van der Waals surface area contributed by atoms with Gasteiger partial charge in [0.15, 0.2) is 23.0 Å². The zero-order valence-electron chi connectivity index (χ0n) is 32.7. The summed E-state index contributed by atoms with van der Waals surface area (Å²) in [4.78, 5) is 65.7. The van der Waals surface area contributed by atoms with Gasteiger partial charge in [-0.1, -0.05) is 24.3 Å². The minimum Gasteiger partial charge on any atom is -0.493 e. The minimum atomic E-state index is -1.16. The topological polar surface area (TPSA) is 190 Å². The van der Waals surface area contributed by atoms with E-state index in [1.165, 1.54) is 67.8 Å². The summed E-state index contributed by atoms with van der Waals surface area (Å²) in [6, 6.07) is 14.2. The van der Waals surface area contributed by atoms with Crippen LogP contribution in [0.1, 0.15) is 58.0 Å². The molecule has 2 heterocycles. The Labute approximate surface area is 341 Å². The molecule has 2 aliphatic rings. The molecule has 2 aliphatic heterocycles. The molecule has 0 saturated carbocycles. The minimum absolute atomic E-state index is 0.00993. The Morgan fingerprint density at radius 1 is 0.667 bits per heavy atom. The normalized spacial score (nSPS) is 15.8. The van der Waals surface area contributed by atoms with Crippen LogP contribution in [0.25, 0.3) is 11.1 Å². The Morgan fingerprint density at radius 3 is 1.53 bits per heavy atom. The average Bonchev–Trinajstić information content (AvgIpc) is 3.87. The number of hydrogen-bond acceptors (Lipinski definition) is 12. The van der Waals surface area contributed by atoms with E-state index in [0.717, 1.165) is 35.8 Å². The number of nitro groups is 2. The molecule has 0 N–H and O–H groups in total. The Hall–Kier alpha value is -7.37. The number of rotatable bonds is 15. The third-order valence-corrected chi connectivity index (χ3v) is 9.92. The molecule has 0 bridgehead atoms. The fourth-order valence-corrected chi connectivity index (χ4v) is 6.88. The molecule has 2 atom stereocenters. The number of carbonyl (C=O) groups is 3. The summed E-state index contributed by atoms with van der Waals surface area (Å²) in [5.41, 5.74) is 0.702. The molecule has 60 heavy (non-hydrogen) atoms. The van der Waals surface area contributed by atoms with Crippen LogP contribution >= 0.6 is 0 Å². The fraction of sp³-hybridized carbons (Fsp3) is 0.262. The van der Waals surface area contributed by atoms with E-state index < -0.39 is 62.2 Å². The summed E-state index contributed by atoms with van der Waals surface area (Å²) in [7, 11) is 3.72. The number of halogens is 2. The van der Waals surface area contributed by atoms with Gasteiger partial charge in [0.1, 0.15) is 28.8 Å². The first-order valence-electron chi connectivity index (χ1n) is 18.4. The van der Waals surface area contributed by atoms with Gasteiger partial charge in [0.05, 0.1) is 56.5 Å². The summed E-state index contributed by atoms with van der Waals surface area (Å²) < 4.78 is 54.4. The Bertz CT molecular complexity index is 2400. The first-order valence-corrected chi connectivity index (χ1v) is 18.4. The van der Waals surface area contributed by atoms with Crippen LogP contribution in [-0.4, -0.2) is 84.1 Å². The molecule has 0 aromatic heterocycles. The molecule has 16 nitrogen and oxygen atoms in total. The molecule has 18 heteroatoms. The molecule has 0 spiro atoms. The first-order chi connectivity index (χ1) is 28.7. The van der Waals surface area contributed by atoms with E-state index in [2.05, 4.69) is 0 Å². The van der Waals surface area contributed by atoms with Gasteiger partial charge < -0.3 is 28.6 Å². The van der Waals surface area contributed by atoms with Gasteiger partial charge in [-0.25, -0.2) is 13.6 Å². The van der Waals surface area contributed by atoms with Crippen LogP contribution in [0.4, 0.5) is 20.2 Å². The van der Waals surface area contributed by atoms with Crippen molar-refractivity contribution >= 4 is 40.3 Å². The number of hydrogen-bond donors (Lipinski definition) is 0. The van der Waals surface area contributed by atoms with Crippen molar-refractivity contribution in [2.24, 2.45) is 0 Å². The lowest BCUT2D eigenvalue weighted by Crippen LogP contribution is -2.39. The molecular formula is C42H38F2N4O12. The van der Waals surface area contributed by atoms with Gasteiger partial charge >= 0.3 is 5.97 Å². The molecule has 0 aliphatic carbocycles. The second-order valence-electron chi connectivity index (χ2n) is 13.6. The lowest BCUT2D eigenvalue weighted by Gasteiger charge is -2.22. The van der Waals surface area contributed by atoms with E-state index in [1.807, 2.05) is 0 Å². The lowest BCUT2D eigenvalue weighted by atomic mass is 10.0. The monoisotopic (exact) mass is 828 g/mol. The van der Waals surface area contributed by atoms with E-state index >= 15 is 0 Å². The van der Waals surface area contributed by atoms with Gasteiger partial charge in [-0.15, -0.1) is 0 Å². The Balaban J connectivity index is 1.15. The van der Waals surface area contributed by atoms with E-state index in [1.54, 1.807) is 25.3 Å². The molecule has 4 aromatic rings. The number of benzene rings is 4. The summed E-state index contributed by atoms with van der Waals surface area (Å²) in [6.45, 7) is 1.61. The highest BCUT2D eigenvalue weighted by Crippen LogP contribution is 2.40. The smallest absolute Gasteiger partial charge is 0.329 e. The summed E-state index contributed by atoms with van der Waals surface area (Å²) in [6.07, 6.45) is 3.55. The van der Waals surface area contributed by atoms with Crippen molar-refractivity contribution in [2.75, 3.05) is 34.5 Å². The molecule has 6 rings (SSSR count). The zero-order chi connectivity index (χ0) is 43.2.